The van der Waals surface area contributed by atoms with Gasteiger partial charge in [-0.2, -0.15) is 4.98 Å². The van der Waals surface area contributed by atoms with Gasteiger partial charge in [-0.05, 0) is 17.5 Å². The molecule has 0 unspecified atom stereocenters. The monoisotopic (exact) mass is 244 g/mol. The quantitative estimate of drug-likeness (QED) is 0.874. The molecule has 0 spiro atoms. The molecule has 0 saturated heterocycles. The number of oxazole rings is 1. The first-order valence-electron chi connectivity index (χ1n) is 5.74. The van der Waals surface area contributed by atoms with Gasteiger partial charge in [-0.1, -0.05) is 24.3 Å². The topological polar surface area (TPSA) is 66.6 Å². The second-order valence-corrected chi connectivity index (χ2v) is 4.26. The molecule has 1 N–H and O–H groups in total. The van der Waals surface area contributed by atoms with Crippen LogP contribution in [0.1, 0.15) is 21.6 Å². The maximum Gasteiger partial charge on any atom is 0.357 e. The largest absolute Gasteiger partial charge is 0.476 e. The smallest absolute Gasteiger partial charge is 0.357 e. The summed E-state index contributed by atoms with van der Waals surface area (Å²) in [6, 6.07) is 8.60. The van der Waals surface area contributed by atoms with Crippen molar-refractivity contribution < 1.29 is 14.3 Å². The third-order valence-electron chi connectivity index (χ3n) is 3.11. The molecule has 5 heteroatoms. The van der Waals surface area contributed by atoms with Crippen LogP contribution in [0.25, 0.3) is 0 Å². The molecule has 18 heavy (non-hydrogen) atoms. The first kappa shape index (κ1) is 10.8. The number of carbonyl (C=O) groups is 1. The van der Waals surface area contributed by atoms with Crippen LogP contribution >= 0.6 is 0 Å². The Labute approximate surface area is 104 Å². The van der Waals surface area contributed by atoms with Crippen molar-refractivity contribution in [2.24, 2.45) is 0 Å². The number of benzene rings is 1. The Morgan fingerprint density at radius 3 is 2.83 bits per heavy atom. The van der Waals surface area contributed by atoms with Gasteiger partial charge in [0.25, 0.3) is 6.01 Å². The minimum absolute atomic E-state index is 0.0520. The van der Waals surface area contributed by atoms with Gasteiger partial charge in [0.2, 0.25) is 0 Å². The van der Waals surface area contributed by atoms with Gasteiger partial charge in [0.15, 0.2) is 5.69 Å². The first-order valence-corrected chi connectivity index (χ1v) is 5.74. The predicted molar refractivity (Wildman–Crippen MR) is 64.7 cm³/mol. The average Bonchev–Trinajstić information content (AvgIpc) is 2.88. The van der Waals surface area contributed by atoms with Crippen LogP contribution in [0, 0.1) is 0 Å². The van der Waals surface area contributed by atoms with Crippen molar-refractivity contribution in [3.8, 4) is 0 Å². The predicted octanol–water partition coefficient (Wildman–Crippen LogP) is 1.94. The highest BCUT2D eigenvalue weighted by atomic mass is 16.4. The van der Waals surface area contributed by atoms with Crippen molar-refractivity contribution in [3.05, 3.63) is 47.3 Å². The van der Waals surface area contributed by atoms with E-state index < -0.39 is 5.97 Å². The molecule has 0 aliphatic carbocycles. The molecule has 5 nitrogen and oxygen atoms in total. The van der Waals surface area contributed by atoms with Crippen LogP contribution in [-0.4, -0.2) is 22.6 Å². The maximum atomic E-state index is 10.8. The second kappa shape index (κ2) is 4.18. The zero-order valence-electron chi connectivity index (χ0n) is 9.67. The maximum absolute atomic E-state index is 10.8. The second-order valence-electron chi connectivity index (χ2n) is 4.26. The van der Waals surface area contributed by atoms with Crippen LogP contribution in [0.5, 0.6) is 0 Å². The number of hydrogen-bond acceptors (Lipinski definition) is 4. The standard InChI is InChI=1S/C13H12N2O3/c16-12(17)11-8-18-13(14-11)15-6-5-9-3-1-2-4-10(9)7-15/h1-4,8H,5-7H2,(H,16,17). The Kier molecular flexibility index (Phi) is 2.51. The van der Waals surface area contributed by atoms with E-state index in [-0.39, 0.29) is 5.69 Å². The minimum Gasteiger partial charge on any atom is -0.476 e. The van der Waals surface area contributed by atoms with Crippen molar-refractivity contribution in [3.63, 3.8) is 0 Å². The van der Waals surface area contributed by atoms with Crippen molar-refractivity contribution in [1.82, 2.24) is 4.98 Å². The highest BCUT2D eigenvalue weighted by Crippen LogP contribution is 2.23. The van der Waals surface area contributed by atoms with E-state index in [0.717, 1.165) is 13.0 Å². The molecule has 3 rings (SSSR count). The number of aromatic carboxylic acids is 1. The minimum atomic E-state index is -1.07. The summed E-state index contributed by atoms with van der Waals surface area (Å²) < 4.78 is 5.21. The molecule has 2 aromatic rings. The third kappa shape index (κ3) is 1.84. The Bertz CT molecular complexity index is 591. The highest BCUT2D eigenvalue weighted by Gasteiger charge is 2.21. The first-order chi connectivity index (χ1) is 8.74. The number of aromatic nitrogens is 1. The fourth-order valence-electron chi connectivity index (χ4n) is 2.17. The van der Waals surface area contributed by atoms with Crippen molar-refractivity contribution in [2.45, 2.75) is 13.0 Å². The normalized spacial score (nSPS) is 14.3. The fraction of sp³-hybridized carbons (Fsp3) is 0.231. The molecule has 2 heterocycles. The van der Waals surface area contributed by atoms with Gasteiger partial charge in [0, 0.05) is 13.1 Å². The number of fused-ring (bicyclic) bond motifs is 1. The molecular formula is C13H12N2O3. The zero-order chi connectivity index (χ0) is 12.5. The molecule has 0 bridgehead atoms. The Morgan fingerprint density at radius 2 is 2.11 bits per heavy atom. The van der Waals surface area contributed by atoms with Crippen LogP contribution in [0.4, 0.5) is 6.01 Å². The van der Waals surface area contributed by atoms with Crippen LogP contribution in [0.15, 0.2) is 34.9 Å². The summed E-state index contributed by atoms with van der Waals surface area (Å²) in [5, 5.41) is 8.81. The number of carboxylic acid groups (broad SMARTS) is 1. The lowest BCUT2D eigenvalue weighted by Crippen LogP contribution is -2.30. The van der Waals surface area contributed by atoms with Crippen molar-refractivity contribution >= 4 is 12.0 Å². The summed E-state index contributed by atoms with van der Waals surface area (Å²) >= 11 is 0. The van der Waals surface area contributed by atoms with Crippen LogP contribution in [0.2, 0.25) is 0 Å². The molecule has 0 fully saturated rings. The summed E-state index contributed by atoms with van der Waals surface area (Å²) in [7, 11) is 0. The summed E-state index contributed by atoms with van der Waals surface area (Å²) in [5.74, 6) is -1.07. The Hall–Kier alpha value is -2.30. The van der Waals surface area contributed by atoms with Gasteiger partial charge in [-0.3, -0.25) is 0 Å². The van der Waals surface area contributed by atoms with Crippen LogP contribution in [0.3, 0.4) is 0 Å². The molecule has 1 aliphatic rings. The number of anilines is 1. The number of rotatable bonds is 2. The van der Waals surface area contributed by atoms with E-state index in [4.69, 9.17) is 9.52 Å². The molecule has 0 radical (unpaired) electrons. The van der Waals surface area contributed by atoms with E-state index in [9.17, 15) is 4.79 Å². The molecular weight excluding hydrogens is 232 g/mol. The van der Waals surface area contributed by atoms with Crippen LogP contribution in [-0.2, 0) is 13.0 Å². The third-order valence-corrected chi connectivity index (χ3v) is 3.11. The highest BCUT2D eigenvalue weighted by molar-refractivity contribution is 5.85. The average molecular weight is 244 g/mol. The van der Waals surface area contributed by atoms with Crippen LogP contribution < -0.4 is 4.90 Å². The molecule has 92 valence electrons. The van der Waals surface area contributed by atoms with Gasteiger partial charge >= 0.3 is 5.97 Å². The van der Waals surface area contributed by atoms with E-state index in [1.54, 1.807) is 0 Å². The lowest BCUT2D eigenvalue weighted by atomic mass is 10.0. The van der Waals surface area contributed by atoms with E-state index in [1.807, 2.05) is 17.0 Å². The Morgan fingerprint density at radius 1 is 1.33 bits per heavy atom. The van der Waals surface area contributed by atoms with Gasteiger partial charge in [0.1, 0.15) is 6.26 Å². The SMILES string of the molecule is O=C(O)c1coc(N2CCc3ccccc3C2)n1. The summed E-state index contributed by atoms with van der Waals surface area (Å²) in [6.45, 7) is 1.49. The summed E-state index contributed by atoms with van der Waals surface area (Å²) in [5.41, 5.74) is 2.52. The van der Waals surface area contributed by atoms with Gasteiger partial charge in [-0.25, -0.2) is 4.79 Å². The van der Waals surface area contributed by atoms with Gasteiger partial charge in [-0.15, -0.1) is 0 Å². The van der Waals surface area contributed by atoms with Gasteiger partial charge in [0.05, 0.1) is 0 Å². The molecule has 1 aliphatic heterocycles. The summed E-state index contributed by atoms with van der Waals surface area (Å²) in [6.07, 6.45) is 2.10. The lowest BCUT2D eigenvalue weighted by Gasteiger charge is -2.27. The molecule has 1 aromatic heterocycles. The fourth-order valence-corrected chi connectivity index (χ4v) is 2.17. The summed E-state index contributed by atoms with van der Waals surface area (Å²) in [4.78, 5) is 16.7. The van der Waals surface area contributed by atoms with Gasteiger partial charge < -0.3 is 14.4 Å². The number of hydrogen-bond donors (Lipinski definition) is 1. The van der Waals surface area contributed by atoms with E-state index in [1.165, 1.54) is 17.4 Å². The molecule has 0 amide bonds. The molecule has 1 aromatic carbocycles. The van der Waals surface area contributed by atoms with E-state index in [0.29, 0.717) is 12.6 Å². The number of carboxylic acids is 1. The molecule has 0 atom stereocenters. The lowest BCUT2D eigenvalue weighted by molar-refractivity contribution is 0.0690. The zero-order valence-corrected chi connectivity index (χ0v) is 9.67. The van der Waals surface area contributed by atoms with E-state index in [2.05, 4.69) is 17.1 Å². The number of nitrogens with zero attached hydrogens (tertiary/aromatic N) is 2. The molecule has 0 saturated carbocycles. The van der Waals surface area contributed by atoms with E-state index >= 15 is 0 Å². The van der Waals surface area contributed by atoms with Crippen molar-refractivity contribution in [1.29, 1.82) is 0 Å². The van der Waals surface area contributed by atoms with Crippen molar-refractivity contribution in [2.75, 3.05) is 11.4 Å². The Balaban J connectivity index is 1.85.